The van der Waals surface area contributed by atoms with Crippen molar-refractivity contribution in [3.05, 3.63) is 58.5 Å². The highest BCUT2D eigenvalue weighted by molar-refractivity contribution is 6.28. The van der Waals surface area contributed by atoms with Gasteiger partial charge in [-0.15, -0.1) is 0 Å². The summed E-state index contributed by atoms with van der Waals surface area (Å²) in [4.78, 5) is 11.4. The molecule has 0 saturated carbocycles. The number of halogens is 1. The monoisotopic (exact) mass is 278 g/mol. The van der Waals surface area contributed by atoms with Crippen molar-refractivity contribution in [1.29, 1.82) is 0 Å². The van der Waals surface area contributed by atoms with Crippen molar-refractivity contribution < 1.29 is 9.21 Å². The molecule has 0 unspecified atom stereocenters. The zero-order valence-corrected chi connectivity index (χ0v) is 11.3. The zero-order chi connectivity index (χ0) is 13.7. The van der Waals surface area contributed by atoms with E-state index in [4.69, 9.17) is 16.0 Å². The van der Waals surface area contributed by atoms with Gasteiger partial charge in [0, 0.05) is 19.2 Å². The van der Waals surface area contributed by atoms with Crippen molar-refractivity contribution in [2.75, 3.05) is 7.05 Å². The molecule has 1 amide bonds. The van der Waals surface area contributed by atoms with Gasteiger partial charge < -0.3 is 15.1 Å². The van der Waals surface area contributed by atoms with Crippen molar-refractivity contribution in [2.45, 2.75) is 13.1 Å². The molecule has 0 bridgehead atoms. The van der Waals surface area contributed by atoms with Gasteiger partial charge in [0.25, 0.3) is 5.91 Å². The maximum Gasteiger partial charge on any atom is 0.251 e. The van der Waals surface area contributed by atoms with Crippen molar-refractivity contribution in [1.82, 2.24) is 10.6 Å². The van der Waals surface area contributed by atoms with Crippen LogP contribution in [0, 0.1) is 0 Å². The standard InChI is InChI=1S/C14H15ClN2O2/c1-16-14(18)11-4-2-10(3-5-11)8-17-9-12-6-7-13(15)19-12/h2-7,17H,8-9H2,1H3,(H,16,18). The van der Waals surface area contributed by atoms with E-state index in [1.54, 1.807) is 25.2 Å². The summed E-state index contributed by atoms with van der Waals surface area (Å²) in [6, 6.07) is 11.0. The summed E-state index contributed by atoms with van der Waals surface area (Å²) in [5.74, 6) is 0.719. The maximum absolute atomic E-state index is 11.4. The van der Waals surface area contributed by atoms with Crippen LogP contribution in [0.15, 0.2) is 40.8 Å². The third kappa shape index (κ3) is 3.84. The Balaban J connectivity index is 1.84. The first kappa shape index (κ1) is 13.6. The molecule has 5 heteroatoms. The molecule has 0 spiro atoms. The number of benzene rings is 1. The number of hydrogen-bond acceptors (Lipinski definition) is 3. The van der Waals surface area contributed by atoms with E-state index in [1.165, 1.54) is 0 Å². The molecule has 100 valence electrons. The Labute approximate surface area is 116 Å². The van der Waals surface area contributed by atoms with Gasteiger partial charge in [0.05, 0.1) is 6.54 Å². The topological polar surface area (TPSA) is 54.3 Å². The summed E-state index contributed by atoms with van der Waals surface area (Å²) in [6.45, 7) is 1.32. The summed E-state index contributed by atoms with van der Waals surface area (Å²) in [5, 5.41) is 6.22. The molecule has 2 N–H and O–H groups in total. The van der Waals surface area contributed by atoms with Crippen LogP contribution in [0.2, 0.25) is 5.22 Å². The lowest BCUT2D eigenvalue weighted by molar-refractivity contribution is 0.0963. The van der Waals surface area contributed by atoms with Crippen LogP contribution in [0.4, 0.5) is 0 Å². The third-order valence-electron chi connectivity index (χ3n) is 2.70. The molecule has 0 radical (unpaired) electrons. The molecule has 2 aromatic rings. The van der Waals surface area contributed by atoms with E-state index in [0.717, 1.165) is 11.3 Å². The fraction of sp³-hybridized carbons (Fsp3) is 0.214. The van der Waals surface area contributed by atoms with E-state index >= 15 is 0 Å². The SMILES string of the molecule is CNC(=O)c1ccc(CNCc2ccc(Cl)o2)cc1. The summed E-state index contributed by atoms with van der Waals surface area (Å²) in [5.41, 5.74) is 1.76. The molecule has 1 aromatic carbocycles. The molecular weight excluding hydrogens is 264 g/mol. The van der Waals surface area contributed by atoms with E-state index in [1.807, 2.05) is 18.2 Å². The maximum atomic E-state index is 11.4. The molecular formula is C14H15ClN2O2. The average Bonchev–Trinajstić information content (AvgIpc) is 2.84. The zero-order valence-electron chi connectivity index (χ0n) is 10.6. The normalized spacial score (nSPS) is 10.4. The number of nitrogens with one attached hydrogen (secondary N) is 2. The van der Waals surface area contributed by atoms with Crippen LogP contribution < -0.4 is 10.6 Å². The van der Waals surface area contributed by atoms with Crippen LogP contribution in [0.1, 0.15) is 21.7 Å². The Kier molecular flexibility index (Phi) is 4.60. The molecule has 0 fully saturated rings. The first-order valence-corrected chi connectivity index (χ1v) is 6.33. The predicted molar refractivity (Wildman–Crippen MR) is 74.1 cm³/mol. The Hall–Kier alpha value is -1.78. The quantitative estimate of drug-likeness (QED) is 0.884. The van der Waals surface area contributed by atoms with E-state index < -0.39 is 0 Å². The molecule has 4 nitrogen and oxygen atoms in total. The lowest BCUT2D eigenvalue weighted by Crippen LogP contribution is -2.18. The van der Waals surface area contributed by atoms with Crippen LogP contribution in [-0.4, -0.2) is 13.0 Å². The van der Waals surface area contributed by atoms with Crippen molar-refractivity contribution in [3.8, 4) is 0 Å². The Morgan fingerprint density at radius 3 is 2.47 bits per heavy atom. The molecule has 1 heterocycles. The highest BCUT2D eigenvalue weighted by atomic mass is 35.5. The summed E-state index contributed by atoms with van der Waals surface area (Å²) < 4.78 is 5.24. The number of amides is 1. The van der Waals surface area contributed by atoms with Gasteiger partial charge >= 0.3 is 0 Å². The summed E-state index contributed by atoms with van der Waals surface area (Å²) in [7, 11) is 1.62. The van der Waals surface area contributed by atoms with Gasteiger partial charge in [-0.3, -0.25) is 4.79 Å². The highest BCUT2D eigenvalue weighted by Crippen LogP contribution is 2.13. The second-order valence-corrected chi connectivity index (χ2v) is 4.46. The van der Waals surface area contributed by atoms with Crippen LogP contribution in [0.5, 0.6) is 0 Å². The van der Waals surface area contributed by atoms with Gasteiger partial charge in [-0.05, 0) is 41.4 Å². The smallest absolute Gasteiger partial charge is 0.251 e. The number of hydrogen-bond donors (Lipinski definition) is 2. The van der Waals surface area contributed by atoms with Crippen LogP contribution >= 0.6 is 11.6 Å². The molecule has 0 saturated heterocycles. The van der Waals surface area contributed by atoms with Crippen molar-refractivity contribution in [2.24, 2.45) is 0 Å². The minimum absolute atomic E-state index is 0.0789. The lowest BCUT2D eigenvalue weighted by Gasteiger charge is -2.04. The van der Waals surface area contributed by atoms with Gasteiger partial charge in [0.1, 0.15) is 5.76 Å². The number of carbonyl (C=O) groups excluding carboxylic acids is 1. The minimum Gasteiger partial charge on any atom is -0.448 e. The fourth-order valence-electron chi connectivity index (χ4n) is 1.70. The largest absolute Gasteiger partial charge is 0.448 e. The second-order valence-electron chi connectivity index (χ2n) is 4.09. The minimum atomic E-state index is -0.0789. The highest BCUT2D eigenvalue weighted by Gasteiger charge is 2.03. The third-order valence-corrected chi connectivity index (χ3v) is 2.90. The van der Waals surface area contributed by atoms with Gasteiger partial charge in [0.15, 0.2) is 5.22 Å². The lowest BCUT2D eigenvalue weighted by atomic mass is 10.1. The Morgan fingerprint density at radius 2 is 1.89 bits per heavy atom. The summed E-state index contributed by atoms with van der Waals surface area (Å²) in [6.07, 6.45) is 0. The number of furan rings is 1. The van der Waals surface area contributed by atoms with E-state index in [-0.39, 0.29) is 5.91 Å². The Bertz CT molecular complexity index is 549. The predicted octanol–water partition coefficient (Wildman–Crippen LogP) is 2.58. The molecule has 2 rings (SSSR count). The second kappa shape index (κ2) is 6.41. The van der Waals surface area contributed by atoms with Crippen molar-refractivity contribution in [3.63, 3.8) is 0 Å². The first-order valence-electron chi connectivity index (χ1n) is 5.95. The van der Waals surface area contributed by atoms with Crippen molar-refractivity contribution >= 4 is 17.5 Å². The number of carbonyl (C=O) groups is 1. The van der Waals surface area contributed by atoms with Crippen LogP contribution in [0.3, 0.4) is 0 Å². The Morgan fingerprint density at radius 1 is 1.16 bits per heavy atom. The van der Waals surface area contributed by atoms with Crippen LogP contribution in [-0.2, 0) is 13.1 Å². The van der Waals surface area contributed by atoms with Gasteiger partial charge in [-0.2, -0.15) is 0 Å². The van der Waals surface area contributed by atoms with E-state index in [9.17, 15) is 4.79 Å². The van der Waals surface area contributed by atoms with Crippen LogP contribution in [0.25, 0.3) is 0 Å². The van der Waals surface area contributed by atoms with E-state index in [2.05, 4.69) is 10.6 Å². The molecule has 0 aliphatic rings. The van der Waals surface area contributed by atoms with Gasteiger partial charge in [-0.1, -0.05) is 12.1 Å². The average molecular weight is 279 g/mol. The van der Waals surface area contributed by atoms with Gasteiger partial charge in [0.2, 0.25) is 0 Å². The number of rotatable bonds is 5. The molecule has 0 aliphatic heterocycles. The molecule has 1 aromatic heterocycles. The summed E-state index contributed by atoms with van der Waals surface area (Å²) >= 11 is 5.68. The molecule has 19 heavy (non-hydrogen) atoms. The first-order chi connectivity index (χ1) is 9.19. The fourth-order valence-corrected chi connectivity index (χ4v) is 1.86. The van der Waals surface area contributed by atoms with Gasteiger partial charge in [-0.25, -0.2) is 0 Å². The van der Waals surface area contributed by atoms with E-state index in [0.29, 0.717) is 23.9 Å². The molecule has 0 atom stereocenters. The molecule has 0 aliphatic carbocycles.